The van der Waals surface area contributed by atoms with Crippen molar-refractivity contribution in [3.05, 3.63) is 42.1 Å². The lowest BCUT2D eigenvalue weighted by molar-refractivity contribution is 0.520. The van der Waals surface area contributed by atoms with Gasteiger partial charge >= 0.3 is 0 Å². The molecule has 0 bridgehead atoms. The number of benzene rings is 1. The average molecular weight is 226 g/mol. The Morgan fingerprint density at radius 1 is 1.06 bits per heavy atom. The number of para-hydroxylation sites is 1. The summed E-state index contributed by atoms with van der Waals surface area (Å²) in [4.78, 5) is 4.67. The summed E-state index contributed by atoms with van der Waals surface area (Å²) in [6.07, 6.45) is 5.41. The van der Waals surface area contributed by atoms with Crippen LogP contribution >= 0.6 is 0 Å². The molecular formula is C15H18N2. The van der Waals surface area contributed by atoms with E-state index in [4.69, 9.17) is 0 Å². The lowest BCUT2D eigenvalue weighted by atomic mass is 10.2. The fraction of sp³-hybridized carbons (Fsp3) is 0.400. The van der Waals surface area contributed by atoms with Gasteiger partial charge in [0.2, 0.25) is 0 Å². The van der Waals surface area contributed by atoms with Gasteiger partial charge in [0, 0.05) is 18.0 Å². The molecule has 1 N–H and O–H groups in total. The minimum atomic E-state index is 0.711. The number of fused-ring (bicyclic) bond motifs is 1. The zero-order chi connectivity index (χ0) is 11.5. The first-order chi connectivity index (χ1) is 8.42. The largest absolute Gasteiger partial charge is 0.308 e. The molecule has 88 valence electrons. The fourth-order valence-electron chi connectivity index (χ4n) is 2.59. The summed E-state index contributed by atoms with van der Waals surface area (Å²) >= 11 is 0. The van der Waals surface area contributed by atoms with Crippen LogP contribution in [0.4, 0.5) is 0 Å². The van der Waals surface area contributed by atoms with Crippen molar-refractivity contribution < 1.29 is 0 Å². The van der Waals surface area contributed by atoms with Crippen molar-refractivity contribution in [1.29, 1.82) is 0 Å². The molecule has 1 aromatic heterocycles. The molecular weight excluding hydrogens is 208 g/mol. The van der Waals surface area contributed by atoms with Crippen LogP contribution in [0.2, 0.25) is 0 Å². The average Bonchev–Trinajstić information content (AvgIpc) is 2.89. The van der Waals surface area contributed by atoms with Gasteiger partial charge in [0.15, 0.2) is 0 Å². The van der Waals surface area contributed by atoms with Crippen molar-refractivity contribution in [1.82, 2.24) is 10.3 Å². The molecule has 1 aromatic carbocycles. The molecule has 17 heavy (non-hydrogen) atoms. The molecule has 0 atom stereocenters. The van der Waals surface area contributed by atoms with Crippen LogP contribution in [0.3, 0.4) is 0 Å². The number of hydrogen-bond acceptors (Lipinski definition) is 2. The highest BCUT2D eigenvalue weighted by Gasteiger charge is 2.13. The summed E-state index contributed by atoms with van der Waals surface area (Å²) in [5, 5.41) is 4.82. The number of hydrogen-bond donors (Lipinski definition) is 1. The van der Waals surface area contributed by atoms with E-state index in [0.717, 1.165) is 17.8 Å². The summed E-state index contributed by atoms with van der Waals surface area (Å²) in [7, 11) is 0. The first-order valence-corrected chi connectivity index (χ1v) is 6.50. The molecule has 0 amide bonds. The first kappa shape index (κ1) is 10.7. The van der Waals surface area contributed by atoms with Crippen molar-refractivity contribution in [2.45, 2.75) is 38.3 Å². The second-order valence-corrected chi connectivity index (χ2v) is 4.86. The molecule has 1 aliphatic rings. The number of nitrogens with zero attached hydrogens (tertiary/aromatic N) is 1. The third-order valence-corrected chi connectivity index (χ3v) is 3.58. The summed E-state index contributed by atoms with van der Waals surface area (Å²) in [5.74, 6) is 0. The van der Waals surface area contributed by atoms with Crippen LogP contribution in [0.25, 0.3) is 10.9 Å². The van der Waals surface area contributed by atoms with E-state index in [9.17, 15) is 0 Å². The Morgan fingerprint density at radius 3 is 2.76 bits per heavy atom. The molecule has 1 aliphatic carbocycles. The van der Waals surface area contributed by atoms with Crippen LogP contribution in [0.5, 0.6) is 0 Å². The molecule has 0 spiro atoms. The van der Waals surface area contributed by atoms with E-state index in [0.29, 0.717) is 6.04 Å². The molecule has 1 heterocycles. The molecule has 2 aromatic rings. The summed E-state index contributed by atoms with van der Waals surface area (Å²) in [5.41, 5.74) is 2.24. The number of nitrogens with one attached hydrogen (secondary N) is 1. The van der Waals surface area contributed by atoms with Crippen molar-refractivity contribution in [3.8, 4) is 0 Å². The number of aromatic nitrogens is 1. The predicted octanol–water partition coefficient (Wildman–Crippen LogP) is 3.27. The molecule has 0 aliphatic heterocycles. The van der Waals surface area contributed by atoms with Crippen LogP contribution in [-0.2, 0) is 6.54 Å². The Hall–Kier alpha value is -1.41. The highest BCUT2D eigenvalue weighted by Crippen LogP contribution is 2.18. The van der Waals surface area contributed by atoms with Crippen LogP contribution in [0.15, 0.2) is 36.4 Å². The van der Waals surface area contributed by atoms with Gasteiger partial charge in [-0.05, 0) is 25.0 Å². The molecule has 2 heteroatoms. The summed E-state index contributed by atoms with van der Waals surface area (Å²) < 4.78 is 0. The topological polar surface area (TPSA) is 24.9 Å². The maximum Gasteiger partial charge on any atom is 0.0705 e. The van der Waals surface area contributed by atoms with Gasteiger partial charge in [-0.2, -0.15) is 0 Å². The molecule has 1 saturated carbocycles. The maximum absolute atomic E-state index is 4.67. The zero-order valence-corrected chi connectivity index (χ0v) is 10.0. The van der Waals surface area contributed by atoms with Gasteiger partial charge in [0.25, 0.3) is 0 Å². The van der Waals surface area contributed by atoms with Crippen molar-refractivity contribution >= 4 is 10.9 Å². The standard InChI is InChI=1S/C15H18N2/c1-4-8-15-12(5-1)9-10-14(17-15)11-16-13-6-2-3-7-13/h1,4-5,8-10,13,16H,2-3,6-7,11H2. The van der Waals surface area contributed by atoms with Crippen molar-refractivity contribution in [2.24, 2.45) is 0 Å². The zero-order valence-electron chi connectivity index (χ0n) is 10.0. The molecule has 0 saturated heterocycles. The molecule has 3 rings (SSSR count). The van der Waals surface area contributed by atoms with E-state index in [2.05, 4.69) is 40.6 Å². The minimum Gasteiger partial charge on any atom is -0.308 e. The van der Waals surface area contributed by atoms with Gasteiger partial charge in [0.1, 0.15) is 0 Å². The highest BCUT2D eigenvalue weighted by molar-refractivity contribution is 5.78. The van der Waals surface area contributed by atoms with Gasteiger partial charge in [-0.15, -0.1) is 0 Å². The Morgan fingerprint density at radius 2 is 1.88 bits per heavy atom. The Kier molecular flexibility index (Phi) is 3.06. The van der Waals surface area contributed by atoms with Crippen LogP contribution in [-0.4, -0.2) is 11.0 Å². The lowest BCUT2D eigenvalue weighted by Crippen LogP contribution is -2.25. The van der Waals surface area contributed by atoms with Crippen LogP contribution in [0, 0.1) is 0 Å². The Bertz CT molecular complexity index is 501. The second kappa shape index (κ2) is 4.84. The van der Waals surface area contributed by atoms with Crippen molar-refractivity contribution in [3.63, 3.8) is 0 Å². The molecule has 2 nitrogen and oxygen atoms in total. The summed E-state index contributed by atoms with van der Waals surface area (Å²) in [6.45, 7) is 0.898. The van der Waals surface area contributed by atoms with E-state index < -0.39 is 0 Å². The fourth-order valence-corrected chi connectivity index (χ4v) is 2.59. The van der Waals surface area contributed by atoms with E-state index in [1.54, 1.807) is 0 Å². The quantitative estimate of drug-likeness (QED) is 0.869. The van der Waals surface area contributed by atoms with Gasteiger partial charge in [-0.3, -0.25) is 4.98 Å². The minimum absolute atomic E-state index is 0.711. The van der Waals surface area contributed by atoms with E-state index in [-0.39, 0.29) is 0 Å². The number of pyridine rings is 1. The van der Waals surface area contributed by atoms with Gasteiger partial charge in [-0.25, -0.2) is 0 Å². The van der Waals surface area contributed by atoms with Gasteiger partial charge in [0.05, 0.1) is 11.2 Å². The molecule has 1 fully saturated rings. The van der Waals surface area contributed by atoms with Crippen molar-refractivity contribution in [2.75, 3.05) is 0 Å². The Balaban J connectivity index is 1.72. The number of rotatable bonds is 3. The molecule has 0 unspecified atom stereocenters. The SMILES string of the molecule is c1ccc2nc(CNC3CCCC3)ccc2c1. The second-order valence-electron chi connectivity index (χ2n) is 4.86. The van der Waals surface area contributed by atoms with Gasteiger partial charge in [-0.1, -0.05) is 37.1 Å². The highest BCUT2D eigenvalue weighted by atomic mass is 14.9. The first-order valence-electron chi connectivity index (χ1n) is 6.50. The van der Waals surface area contributed by atoms with Crippen LogP contribution in [0.1, 0.15) is 31.4 Å². The smallest absolute Gasteiger partial charge is 0.0705 e. The third-order valence-electron chi connectivity index (χ3n) is 3.58. The third kappa shape index (κ3) is 2.47. The lowest BCUT2D eigenvalue weighted by Gasteiger charge is -2.11. The normalized spacial score (nSPS) is 16.7. The van der Waals surface area contributed by atoms with Gasteiger partial charge < -0.3 is 5.32 Å². The molecule has 0 radical (unpaired) electrons. The Labute approximate surface area is 102 Å². The van der Waals surface area contributed by atoms with E-state index in [1.807, 2.05) is 6.07 Å². The van der Waals surface area contributed by atoms with E-state index >= 15 is 0 Å². The predicted molar refractivity (Wildman–Crippen MR) is 70.8 cm³/mol. The summed E-state index contributed by atoms with van der Waals surface area (Å²) in [6, 6.07) is 13.3. The van der Waals surface area contributed by atoms with E-state index in [1.165, 1.54) is 31.1 Å². The maximum atomic E-state index is 4.67. The van der Waals surface area contributed by atoms with Crippen LogP contribution < -0.4 is 5.32 Å². The monoisotopic (exact) mass is 226 g/mol.